The first-order valence-corrected chi connectivity index (χ1v) is 8.88. The van der Waals surface area contributed by atoms with Crippen LogP contribution in [-0.4, -0.2) is 16.7 Å². The molecular weight excluding hydrogens is 353 g/mol. The third-order valence-corrected chi connectivity index (χ3v) is 4.69. The van der Waals surface area contributed by atoms with E-state index in [2.05, 4.69) is 4.98 Å². The number of hydrogen-bond acceptors (Lipinski definition) is 5. The molecule has 0 aliphatic heterocycles. The smallest absolute Gasteiger partial charge is 0.306 e. The van der Waals surface area contributed by atoms with E-state index in [-0.39, 0.29) is 25.2 Å². The summed E-state index contributed by atoms with van der Waals surface area (Å²) in [6.07, 6.45) is 1.70. The molecule has 0 aliphatic carbocycles. The molecule has 0 radical (unpaired) electrons. The number of hydrogen-bond donors (Lipinski definition) is 0. The lowest BCUT2D eigenvalue weighted by Gasteiger charge is -2.03. The van der Waals surface area contributed by atoms with Crippen molar-refractivity contribution in [3.63, 3.8) is 0 Å². The molecule has 3 rings (SSSR count). The van der Waals surface area contributed by atoms with Crippen molar-refractivity contribution in [3.8, 4) is 10.6 Å². The molecule has 0 bridgehead atoms. The number of ether oxygens (including phenoxy) is 1. The third kappa shape index (κ3) is 4.83. The number of esters is 1. The van der Waals surface area contributed by atoms with Gasteiger partial charge in [-0.25, -0.2) is 9.37 Å². The molecule has 26 heavy (non-hydrogen) atoms. The molecule has 132 valence electrons. The van der Waals surface area contributed by atoms with E-state index in [4.69, 9.17) is 4.74 Å². The van der Waals surface area contributed by atoms with E-state index in [0.717, 1.165) is 15.4 Å². The van der Waals surface area contributed by atoms with E-state index in [1.165, 1.54) is 35.6 Å². The van der Waals surface area contributed by atoms with Crippen LogP contribution in [0.3, 0.4) is 0 Å². The summed E-state index contributed by atoms with van der Waals surface area (Å²) < 4.78 is 18.0. The highest BCUT2D eigenvalue weighted by molar-refractivity contribution is 7.15. The summed E-state index contributed by atoms with van der Waals surface area (Å²) in [5, 5.41) is 0.864. The minimum atomic E-state index is -0.449. The zero-order chi connectivity index (χ0) is 18.4. The number of ketones is 1. The van der Waals surface area contributed by atoms with Crippen molar-refractivity contribution in [2.75, 3.05) is 0 Å². The monoisotopic (exact) mass is 369 g/mol. The quantitative estimate of drug-likeness (QED) is 0.449. The Balaban J connectivity index is 1.46. The summed E-state index contributed by atoms with van der Waals surface area (Å²) >= 11 is 1.46. The highest BCUT2D eigenvalue weighted by Crippen LogP contribution is 2.25. The molecule has 1 heterocycles. The normalized spacial score (nSPS) is 10.5. The summed E-state index contributed by atoms with van der Waals surface area (Å²) in [7, 11) is 0. The number of thiazole rings is 1. The first-order chi connectivity index (χ1) is 12.6. The van der Waals surface area contributed by atoms with Crippen LogP contribution in [0.2, 0.25) is 0 Å². The van der Waals surface area contributed by atoms with Gasteiger partial charge in [-0.2, -0.15) is 0 Å². The molecule has 0 unspecified atom stereocenters. The van der Waals surface area contributed by atoms with E-state index in [0.29, 0.717) is 5.56 Å². The lowest BCUT2D eigenvalue weighted by molar-refractivity contribution is -0.144. The second kappa shape index (κ2) is 8.49. The maximum Gasteiger partial charge on any atom is 0.306 e. The van der Waals surface area contributed by atoms with Crippen molar-refractivity contribution in [3.05, 3.63) is 77.1 Å². The van der Waals surface area contributed by atoms with Crippen LogP contribution in [0, 0.1) is 5.82 Å². The molecular formula is C20H16FNO3S. The Hall–Kier alpha value is -2.86. The van der Waals surface area contributed by atoms with E-state index < -0.39 is 11.8 Å². The Kier molecular flexibility index (Phi) is 5.86. The van der Waals surface area contributed by atoms with Gasteiger partial charge in [0.15, 0.2) is 5.78 Å². The molecule has 0 saturated carbocycles. The molecule has 0 saturated heterocycles. The Morgan fingerprint density at radius 1 is 1.00 bits per heavy atom. The van der Waals surface area contributed by atoms with Crippen molar-refractivity contribution >= 4 is 23.1 Å². The summed E-state index contributed by atoms with van der Waals surface area (Å²) in [6, 6.07) is 15.0. The highest BCUT2D eigenvalue weighted by atomic mass is 32.1. The van der Waals surface area contributed by atoms with Gasteiger partial charge in [-0.1, -0.05) is 30.3 Å². The van der Waals surface area contributed by atoms with Crippen LogP contribution < -0.4 is 0 Å². The first kappa shape index (κ1) is 17.9. The molecule has 0 N–H and O–H groups in total. The van der Waals surface area contributed by atoms with Gasteiger partial charge >= 0.3 is 5.97 Å². The second-order valence-corrected chi connectivity index (χ2v) is 6.70. The molecule has 6 heteroatoms. The number of aromatic nitrogens is 1. The Morgan fingerprint density at radius 3 is 2.46 bits per heavy atom. The maximum absolute atomic E-state index is 12.8. The van der Waals surface area contributed by atoms with Gasteiger partial charge in [-0.05, 0) is 24.3 Å². The van der Waals surface area contributed by atoms with Gasteiger partial charge < -0.3 is 4.74 Å². The number of nitrogens with zero attached hydrogens (tertiary/aromatic N) is 1. The van der Waals surface area contributed by atoms with Crippen LogP contribution >= 0.6 is 11.3 Å². The zero-order valence-corrected chi connectivity index (χ0v) is 14.7. The second-order valence-electron chi connectivity index (χ2n) is 5.59. The molecule has 0 atom stereocenters. The Bertz CT molecular complexity index is 891. The summed E-state index contributed by atoms with van der Waals surface area (Å²) in [4.78, 5) is 29.0. The fourth-order valence-corrected chi connectivity index (χ4v) is 3.14. The van der Waals surface area contributed by atoms with Crippen LogP contribution in [-0.2, 0) is 16.1 Å². The topological polar surface area (TPSA) is 56.3 Å². The number of Topliss-reactive ketones (excluding diaryl/α,β-unsaturated/α-hetero) is 1. The van der Waals surface area contributed by atoms with Crippen LogP contribution in [0.25, 0.3) is 10.6 Å². The van der Waals surface area contributed by atoms with Crippen LogP contribution in [0.15, 0.2) is 60.8 Å². The van der Waals surface area contributed by atoms with Crippen LogP contribution in [0.1, 0.15) is 28.1 Å². The predicted molar refractivity (Wildman–Crippen MR) is 97.3 cm³/mol. The number of carbonyl (C=O) groups is 2. The largest absolute Gasteiger partial charge is 0.460 e. The van der Waals surface area contributed by atoms with Gasteiger partial charge in [-0.3, -0.25) is 9.59 Å². The van der Waals surface area contributed by atoms with Crippen LogP contribution in [0.5, 0.6) is 0 Å². The average molecular weight is 369 g/mol. The van der Waals surface area contributed by atoms with Crippen molar-refractivity contribution < 1.29 is 18.7 Å². The minimum Gasteiger partial charge on any atom is -0.460 e. The van der Waals surface area contributed by atoms with Gasteiger partial charge in [-0.15, -0.1) is 11.3 Å². The van der Waals surface area contributed by atoms with Crippen LogP contribution in [0.4, 0.5) is 4.39 Å². The van der Waals surface area contributed by atoms with Crippen molar-refractivity contribution in [1.82, 2.24) is 4.98 Å². The number of benzene rings is 2. The number of carbonyl (C=O) groups excluding carboxylic acids is 2. The highest BCUT2D eigenvalue weighted by Gasteiger charge is 2.12. The van der Waals surface area contributed by atoms with Crippen molar-refractivity contribution in [2.45, 2.75) is 19.4 Å². The summed E-state index contributed by atoms with van der Waals surface area (Å²) in [5.74, 6) is -1.07. The molecule has 2 aromatic carbocycles. The SMILES string of the molecule is O=C(CCC(=O)c1ccc(F)cc1)OCc1cnc(-c2ccccc2)s1. The fourth-order valence-electron chi connectivity index (χ4n) is 2.31. The average Bonchev–Trinajstić information content (AvgIpc) is 3.15. The molecule has 3 aromatic rings. The molecule has 0 spiro atoms. The lowest BCUT2D eigenvalue weighted by Crippen LogP contribution is -2.08. The maximum atomic E-state index is 12.8. The van der Waals surface area contributed by atoms with Gasteiger partial charge in [0.1, 0.15) is 17.4 Å². The van der Waals surface area contributed by atoms with Crippen molar-refractivity contribution in [2.24, 2.45) is 0 Å². The fraction of sp³-hybridized carbons (Fsp3) is 0.150. The zero-order valence-electron chi connectivity index (χ0n) is 13.9. The van der Waals surface area contributed by atoms with Gasteiger partial charge in [0, 0.05) is 23.7 Å². The van der Waals surface area contributed by atoms with E-state index in [1.807, 2.05) is 30.3 Å². The van der Waals surface area contributed by atoms with Gasteiger partial charge in [0.2, 0.25) is 0 Å². The Labute approximate surface area is 154 Å². The molecule has 1 aromatic heterocycles. The predicted octanol–water partition coefficient (Wildman–Crippen LogP) is 4.66. The van der Waals surface area contributed by atoms with Crippen molar-refractivity contribution in [1.29, 1.82) is 0 Å². The van der Waals surface area contributed by atoms with E-state index in [1.54, 1.807) is 6.20 Å². The molecule has 0 aliphatic rings. The van der Waals surface area contributed by atoms with Gasteiger partial charge in [0.05, 0.1) is 11.3 Å². The lowest BCUT2D eigenvalue weighted by atomic mass is 10.1. The number of halogens is 1. The first-order valence-electron chi connectivity index (χ1n) is 8.06. The molecule has 0 amide bonds. The summed E-state index contributed by atoms with van der Waals surface area (Å²) in [5.41, 5.74) is 1.40. The Morgan fingerprint density at radius 2 is 1.73 bits per heavy atom. The molecule has 4 nitrogen and oxygen atoms in total. The van der Waals surface area contributed by atoms with Gasteiger partial charge in [0.25, 0.3) is 0 Å². The molecule has 0 fully saturated rings. The third-order valence-electron chi connectivity index (χ3n) is 3.67. The van der Waals surface area contributed by atoms with E-state index in [9.17, 15) is 14.0 Å². The minimum absolute atomic E-state index is 0.0133. The standard InChI is InChI=1S/C20H16FNO3S/c21-16-8-6-14(7-9-16)18(23)10-11-19(24)25-13-17-12-22-20(26-17)15-4-2-1-3-5-15/h1-9,12H,10-11,13H2. The van der Waals surface area contributed by atoms with E-state index >= 15 is 0 Å². The number of rotatable bonds is 7. The summed E-state index contributed by atoms with van der Waals surface area (Å²) in [6.45, 7) is 0.133.